The summed E-state index contributed by atoms with van der Waals surface area (Å²) in [6.07, 6.45) is 6.60. The number of rotatable bonds is 5. The molecule has 0 aromatic rings. The van der Waals surface area contributed by atoms with Crippen LogP contribution in [0, 0.1) is 5.92 Å². The van der Waals surface area contributed by atoms with Crippen molar-refractivity contribution >= 4 is 0 Å². The Morgan fingerprint density at radius 3 is 2.44 bits per heavy atom. The van der Waals surface area contributed by atoms with E-state index in [1.54, 1.807) is 0 Å². The third-order valence-electron chi connectivity index (χ3n) is 4.46. The minimum atomic E-state index is 0.463. The lowest BCUT2D eigenvalue weighted by molar-refractivity contribution is 0.0487. The highest BCUT2D eigenvalue weighted by atomic mass is 16.5. The lowest BCUT2D eigenvalue weighted by atomic mass is 9.75. The molecule has 0 aromatic heterocycles. The summed E-state index contributed by atoms with van der Waals surface area (Å²) in [6.45, 7) is 4.27. The van der Waals surface area contributed by atoms with Gasteiger partial charge < -0.3 is 15.0 Å². The number of likely N-dealkylation sites (N-methyl/N-ethyl adjacent to an activating group) is 1. The van der Waals surface area contributed by atoms with E-state index in [0.717, 1.165) is 25.7 Å². The van der Waals surface area contributed by atoms with Crippen molar-refractivity contribution in [2.24, 2.45) is 5.92 Å². The van der Waals surface area contributed by atoms with Gasteiger partial charge in [0.2, 0.25) is 0 Å². The molecule has 1 heterocycles. The Hall–Kier alpha value is -0.120. The molecule has 0 radical (unpaired) electrons. The Morgan fingerprint density at radius 2 is 1.94 bits per heavy atom. The van der Waals surface area contributed by atoms with Gasteiger partial charge in [0.05, 0.1) is 0 Å². The van der Waals surface area contributed by atoms with Crippen molar-refractivity contribution in [1.29, 1.82) is 0 Å². The second-order valence-electron chi connectivity index (χ2n) is 5.66. The van der Waals surface area contributed by atoms with Crippen LogP contribution in [0.15, 0.2) is 0 Å². The maximum atomic E-state index is 5.38. The highest BCUT2D eigenvalue weighted by Crippen LogP contribution is 2.35. The Kier molecular flexibility index (Phi) is 4.22. The minimum absolute atomic E-state index is 0.463. The van der Waals surface area contributed by atoms with Crippen LogP contribution in [0.25, 0.3) is 0 Å². The van der Waals surface area contributed by atoms with Crippen molar-refractivity contribution in [1.82, 2.24) is 10.2 Å². The van der Waals surface area contributed by atoms with E-state index < -0.39 is 0 Å². The molecule has 2 rings (SSSR count). The van der Waals surface area contributed by atoms with Gasteiger partial charge in [-0.05, 0) is 58.7 Å². The van der Waals surface area contributed by atoms with Crippen LogP contribution in [0.2, 0.25) is 0 Å². The number of hydrogen-bond donors (Lipinski definition) is 1. The first-order valence-corrected chi connectivity index (χ1v) is 6.69. The smallest absolute Gasteiger partial charge is 0.0469 e. The molecule has 1 saturated heterocycles. The van der Waals surface area contributed by atoms with Crippen LogP contribution in [-0.2, 0) is 4.74 Å². The van der Waals surface area contributed by atoms with E-state index in [1.807, 2.05) is 0 Å². The van der Waals surface area contributed by atoms with Gasteiger partial charge in [-0.25, -0.2) is 0 Å². The van der Waals surface area contributed by atoms with Crippen LogP contribution in [0.5, 0.6) is 0 Å². The van der Waals surface area contributed by atoms with Crippen LogP contribution >= 0.6 is 0 Å². The quantitative estimate of drug-likeness (QED) is 0.768. The Labute approximate surface area is 99.5 Å². The average Bonchev–Trinajstić information content (AvgIpc) is 2.23. The maximum absolute atomic E-state index is 5.38. The van der Waals surface area contributed by atoms with E-state index >= 15 is 0 Å². The van der Waals surface area contributed by atoms with Gasteiger partial charge in [-0.3, -0.25) is 0 Å². The highest BCUT2D eigenvalue weighted by Gasteiger charge is 2.38. The third-order valence-corrected chi connectivity index (χ3v) is 4.46. The van der Waals surface area contributed by atoms with Crippen LogP contribution in [0.3, 0.4) is 0 Å². The van der Waals surface area contributed by atoms with Gasteiger partial charge in [-0.15, -0.1) is 0 Å². The molecule has 1 N–H and O–H groups in total. The molecule has 2 fully saturated rings. The van der Waals surface area contributed by atoms with Crippen LogP contribution in [0.4, 0.5) is 0 Å². The summed E-state index contributed by atoms with van der Waals surface area (Å²) in [5.74, 6) is 0.841. The molecule has 0 amide bonds. The first-order valence-electron chi connectivity index (χ1n) is 6.69. The van der Waals surface area contributed by atoms with E-state index in [1.165, 1.54) is 38.6 Å². The minimum Gasteiger partial charge on any atom is -0.381 e. The second-order valence-corrected chi connectivity index (χ2v) is 5.66. The molecule has 2 aliphatic rings. The van der Waals surface area contributed by atoms with Crippen molar-refractivity contribution in [3.63, 3.8) is 0 Å². The zero-order chi connectivity index (χ0) is 11.4. The van der Waals surface area contributed by atoms with Gasteiger partial charge in [0.25, 0.3) is 0 Å². The van der Waals surface area contributed by atoms with Crippen molar-refractivity contribution in [3.05, 3.63) is 0 Å². The molecule has 3 nitrogen and oxygen atoms in total. The van der Waals surface area contributed by atoms with Gasteiger partial charge in [-0.2, -0.15) is 0 Å². The summed E-state index contributed by atoms with van der Waals surface area (Å²) in [6, 6.07) is 0. The topological polar surface area (TPSA) is 24.5 Å². The molecule has 1 saturated carbocycles. The molecule has 0 unspecified atom stereocenters. The fourth-order valence-corrected chi connectivity index (χ4v) is 2.83. The van der Waals surface area contributed by atoms with Crippen LogP contribution < -0.4 is 5.32 Å². The fraction of sp³-hybridized carbons (Fsp3) is 1.00. The van der Waals surface area contributed by atoms with E-state index in [-0.39, 0.29) is 0 Å². The number of nitrogens with zero attached hydrogens (tertiary/aromatic N) is 1. The SMILES string of the molecule is CN(C)C1(CNCC2CCOCC2)CCC1. The zero-order valence-corrected chi connectivity index (χ0v) is 10.8. The van der Waals surface area contributed by atoms with Gasteiger partial charge >= 0.3 is 0 Å². The summed E-state index contributed by atoms with van der Waals surface area (Å²) in [5.41, 5.74) is 0.463. The number of nitrogens with one attached hydrogen (secondary N) is 1. The van der Waals surface area contributed by atoms with E-state index in [4.69, 9.17) is 4.74 Å². The van der Waals surface area contributed by atoms with Crippen LogP contribution in [0.1, 0.15) is 32.1 Å². The predicted octanol–water partition coefficient (Wildman–Crippen LogP) is 1.49. The number of ether oxygens (including phenoxy) is 1. The summed E-state index contributed by atoms with van der Waals surface area (Å²) in [4.78, 5) is 2.41. The van der Waals surface area contributed by atoms with Crippen molar-refractivity contribution < 1.29 is 4.74 Å². The summed E-state index contributed by atoms with van der Waals surface area (Å²) in [7, 11) is 4.44. The van der Waals surface area contributed by atoms with Crippen molar-refractivity contribution in [3.8, 4) is 0 Å². The normalized spacial score (nSPS) is 25.7. The largest absolute Gasteiger partial charge is 0.381 e. The summed E-state index contributed by atoms with van der Waals surface area (Å²) < 4.78 is 5.38. The molecule has 16 heavy (non-hydrogen) atoms. The molecule has 0 bridgehead atoms. The molecular formula is C13H26N2O. The lowest BCUT2D eigenvalue weighted by Crippen LogP contribution is -2.56. The van der Waals surface area contributed by atoms with E-state index in [2.05, 4.69) is 24.3 Å². The first kappa shape index (κ1) is 12.3. The summed E-state index contributed by atoms with van der Waals surface area (Å²) >= 11 is 0. The van der Waals surface area contributed by atoms with Gasteiger partial charge in [0.15, 0.2) is 0 Å². The lowest BCUT2D eigenvalue weighted by Gasteiger charge is -2.47. The Morgan fingerprint density at radius 1 is 1.25 bits per heavy atom. The molecule has 0 aromatic carbocycles. The molecule has 0 atom stereocenters. The number of hydrogen-bond acceptors (Lipinski definition) is 3. The van der Waals surface area contributed by atoms with Crippen LogP contribution in [-0.4, -0.2) is 50.8 Å². The maximum Gasteiger partial charge on any atom is 0.0469 e. The highest BCUT2D eigenvalue weighted by molar-refractivity contribution is 4.97. The van der Waals surface area contributed by atoms with Gasteiger partial charge in [0.1, 0.15) is 0 Å². The second kappa shape index (κ2) is 5.48. The molecule has 0 spiro atoms. The zero-order valence-electron chi connectivity index (χ0n) is 10.8. The van der Waals surface area contributed by atoms with Crippen molar-refractivity contribution in [2.75, 3.05) is 40.4 Å². The third kappa shape index (κ3) is 2.76. The molecule has 3 heteroatoms. The van der Waals surface area contributed by atoms with E-state index in [9.17, 15) is 0 Å². The van der Waals surface area contributed by atoms with Crippen molar-refractivity contribution in [2.45, 2.75) is 37.6 Å². The molecular weight excluding hydrogens is 200 g/mol. The molecule has 1 aliphatic heterocycles. The Bertz CT molecular complexity index is 208. The Balaban J connectivity index is 1.66. The monoisotopic (exact) mass is 226 g/mol. The predicted molar refractivity (Wildman–Crippen MR) is 66.7 cm³/mol. The first-order chi connectivity index (χ1) is 7.73. The average molecular weight is 226 g/mol. The van der Waals surface area contributed by atoms with Gasteiger partial charge in [-0.1, -0.05) is 0 Å². The van der Waals surface area contributed by atoms with E-state index in [0.29, 0.717) is 5.54 Å². The molecule has 1 aliphatic carbocycles. The molecule has 94 valence electrons. The summed E-state index contributed by atoms with van der Waals surface area (Å²) in [5, 5.41) is 3.68. The van der Waals surface area contributed by atoms with Gasteiger partial charge in [0, 0.05) is 25.3 Å². The standard InChI is InChI=1S/C13H26N2O/c1-15(2)13(6-3-7-13)11-14-10-12-4-8-16-9-5-12/h12,14H,3-11H2,1-2H3. The fourth-order valence-electron chi connectivity index (χ4n) is 2.83.